The van der Waals surface area contributed by atoms with Crippen LogP contribution in [0.15, 0.2) is 40.4 Å². The van der Waals surface area contributed by atoms with Gasteiger partial charge in [-0.25, -0.2) is 9.59 Å². The lowest BCUT2D eigenvalue weighted by atomic mass is 10.0. The highest BCUT2D eigenvalue weighted by Crippen LogP contribution is 2.28. The van der Waals surface area contributed by atoms with Crippen molar-refractivity contribution in [1.29, 1.82) is 0 Å². The Hall–Kier alpha value is -3.35. The van der Waals surface area contributed by atoms with E-state index in [9.17, 15) is 14.4 Å². The molecule has 1 saturated heterocycles. The normalized spacial score (nSPS) is 15.6. The molecular formula is C18H16N2O5. The molecule has 0 unspecified atom stereocenters. The van der Waals surface area contributed by atoms with E-state index in [1.165, 1.54) is 20.2 Å². The van der Waals surface area contributed by atoms with Gasteiger partial charge in [0, 0.05) is 18.7 Å². The van der Waals surface area contributed by atoms with Crippen LogP contribution in [0.4, 0.5) is 4.79 Å². The molecule has 1 N–H and O–H groups in total. The molecule has 25 heavy (non-hydrogen) atoms. The molecule has 0 atom stereocenters. The van der Waals surface area contributed by atoms with Crippen molar-refractivity contribution in [3.05, 3.63) is 52.9 Å². The number of nitrogens with one attached hydrogen (secondary N) is 1. The number of hydrogen-bond acceptors (Lipinski definition) is 5. The van der Waals surface area contributed by atoms with Crippen molar-refractivity contribution < 1.29 is 23.5 Å². The number of esters is 1. The van der Waals surface area contributed by atoms with Crippen molar-refractivity contribution in [1.82, 2.24) is 10.2 Å². The number of methoxy groups -OCH3 is 1. The maximum atomic E-state index is 11.9. The zero-order chi connectivity index (χ0) is 18.1. The zero-order valence-electron chi connectivity index (χ0n) is 14.0. The molecule has 0 aliphatic carbocycles. The van der Waals surface area contributed by atoms with Crippen LogP contribution in [0.2, 0.25) is 0 Å². The molecule has 3 rings (SSSR count). The molecule has 1 aromatic carbocycles. The fraction of sp³-hybridized carbons (Fsp3) is 0.167. The molecule has 0 bridgehead atoms. The number of furan rings is 1. The number of benzene rings is 1. The third kappa shape index (κ3) is 3.03. The monoisotopic (exact) mass is 340 g/mol. The van der Waals surface area contributed by atoms with E-state index in [0.29, 0.717) is 17.1 Å². The Bertz CT molecular complexity index is 910. The smallest absolute Gasteiger partial charge is 0.337 e. The Morgan fingerprint density at radius 1 is 1.24 bits per heavy atom. The quantitative estimate of drug-likeness (QED) is 0.527. The second-order valence-electron chi connectivity index (χ2n) is 5.58. The molecule has 2 aromatic rings. The standard InChI is InChI=1S/C18H16N2O5/c1-10-4-5-11(17(22)24-3)8-13(10)15-7-6-12(25-15)9-14-16(21)20(2)18(23)19-14/h4-9H,1-3H3,(H,19,23)/b14-9+. The first-order chi connectivity index (χ1) is 11.9. The lowest BCUT2D eigenvalue weighted by Gasteiger charge is -2.05. The van der Waals surface area contributed by atoms with E-state index in [1.54, 1.807) is 30.3 Å². The molecule has 7 nitrogen and oxygen atoms in total. The fourth-order valence-electron chi connectivity index (χ4n) is 2.47. The van der Waals surface area contributed by atoms with Gasteiger partial charge in [0.2, 0.25) is 0 Å². The van der Waals surface area contributed by atoms with Crippen LogP contribution in [0.5, 0.6) is 0 Å². The number of hydrogen-bond donors (Lipinski definition) is 1. The van der Waals surface area contributed by atoms with Gasteiger partial charge in [0.25, 0.3) is 5.91 Å². The average Bonchev–Trinajstić information content (AvgIpc) is 3.16. The highest BCUT2D eigenvalue weighted by atomic mass is 16.5. The van der Waals surface area contributed by atoms with Crippen molar-refractivity contribution in [3.63, 3.8) is 0 Å². The van der Waals surface area contributed by atoms with Crippen molar-refractivity contribution in [2.75, 3.05) is 14.2 Å². The number of amides is 3. The number of carbonyl (C=O) groups is 3. The summed E-state index contributed by atoms with van der Waals surface area (Å²) in [4.78, 5) is 36.0. The van der Waals surface area contributed by atoms with Crippen molar-refractivity contribution in [2.45, 2.75) is 6.92 Å². The summed E-state index contributed by atoms with van der Waals surface area (Å²) in [5, 5.41) is 2.47. The van der Waals surface area contributed by atoms with Crippen LogP contribution < -0.4 is 5.32 Å². The lowest BCUT2D eigenvalue weighted by molar-refractivity contribution is -0.121. The first-order valence-electron chi connectivity index (χ1n) is 7.50. The highest BCUT2D eigenvalue weighted by Gasteiger charge is 2.30. The predicted molar refractivity (Wildman–Crippen MR) is 89.5 cm³/mol. The zero-order valence-corrected chi connectivity index (χ0v) is 14.0. The molecule has 2 heterocycles. The number of aryl methyl sites for hydroxylation is 1. The van der Waals surface area contributed by atoms with Crippen molar-refractivity contribution in [2.24, 2.45) is 0 Å². The molecular weight excluding hydrogens is 324 g/mol. The molecule has 7 heteroatoms. The number of rotatable bonds is 3. The summed E-state index contributed by atoms with van der Waals surface area (Å²) in [6.07, 6.45) is 1.47. The fourth-order valence-corrected chi connectivity index (χ4v) is 2.47. The molecule has 3 amide bonds. The molecule has 1 fully saturated rings. The maximum Gasteiger partial charge on any atom is 0.337 e. The Kier molecular flexibility index (Phi) is 4.14. The van der Waals surface area contributed by atoms with Gasteiger partial charge in [-0.2, -0.15) is 0 Å². The Morgan fingerprint density at radius 3 is 2.64 bits per heavy atom. The van der Waals surface area contributed by atoms with Crippen LogP contribution in [0.25, 0.3) is 17.4 Å². The van der Waals surface area contributed by atoms with Crippen LogP contribution in [0.1, 0.15) is 21.7 Å². The predicted octanol–water partition coefficient (Wildman–Crippen LogP) is 2.56. The summed E-state index contributed by atoms with van der Waals surface area (Å²) < 4.78 is 10.5. The third-order valence-electron chi connectivity index (χ3n) is 3.92. The Morgan fingerprint density at radius 2 is 2.00 bits per heavy atom. The molecule has 128 valence electrons. The van der Waals surface area contributed by atoms with Gasteiger partial charge in [0.1, 0.15) is 17.2 Å². The molecule has 1 aliphatic heterocycles. The van der Waals surface area contributed by atoms with E-state index >= 15 is 0 Å². The van der Waals surface area contributed by atoms with E-state index in [0.717, 1.165) is 16.0 Å². The molecule has 0 radical (unpaired) electrons. The third-order valence-corrected chi connectivity index (χ3v) is 3.92. The van der Waals surface area contributed by atoms with Gasteiger partial charge >= 0.3 is 12.0 Å². The van der Waals surface area contributed by atoms with E-state index in [-0.39, 0.29) is 5.70 Å². The molecule has 0 saturated carbocycles. The second kappa shape index (κ2) is 6.27. The largest absolute Gasteiger partial charge is 0.465 e. The van der Waals surface area contributed by atoms with Gasteiger partial charge in [-0.3, -0.25) is 9.69 Å². The van der Waals surface area contributed by atoms with Gasteiger partial charge in [0.15, 0.2) is 0 Å². The summed E-state index contributed by atoms with van der Waals surface area (Å²) in [7, 11) is 2.72. The number of carbonyl (C=O) groups excluding carboxylic acids is 3. The summed E-state index contributed by atoms with van der Waals surface area (Å²) >= 11 is 0. The van der Waals surface area contributed by atoms with Gasteiger partial charge < -0.3 is 14.5 Å². The topological polar surface area (TPSA) is 88.9 Å². The van der Waals surface area contributed by atoms with E-state index in [4.69, 9.17) is 9.15 Å². The average molecular weight is 340 g/mol. The van der Waals surface area contributed by atoms with Crippen LogP contribution in [-0.4, -0.2) is 37.0 Å². The van der Waals surface area contributed by atoms with Gasteiger partial charge in [-0.1, -0.05) is 6.07 Å². The minimum absolute atomic E-state index is 0.147. The summed E-state index contributed by atoms with van der Waals surface area (Å²) in [5.41, 5.74) is 2.23. The Labute approximate surface area is 143 Å². The van der Waals surface area contributed by atoms with E-state index in [1.807, 2.05) is 6.92 Å². The van der Waals surface area contributed by atoms with Crippen LogP contribution in [-0.2, 0) is 9.53 Å². The lowest BCUT2D eigenvalue weighted by Crippen LogP contribution is -2.25. The van der Waals surface area contributed by atoms with Crippen molar-refractivity contribution >= 4 is 24.0 Å². The summed E-state index contributed by atoms with van der Waals surface area (Å²) in [5.74, 6) is 0.0984. The van der Waals surface area contributed by atoms with Gasteiger partial charge in [-0.05, 0) is 36.8 Å². The highest BCUT2D eigenvalue weighted by molar-refractivity contribution is 6.13. The van der Waals surface area contributed by atoms with Gasteiger partial charge in [-0.15, -0.1) is 0 Å². The molecule has 1 aliphatic rings. The van der Waals surface area contributed by atoms with Crippen molar-refractivity contribution in [3.8, 4) is 11.3 Å². The number of ether oxygens (including phenoxy) is 1. The number of nitrogens with zero attached hydrogens (tertiary/aromatic N) is 1. The minimum atomic E-state index is -0.482. The maximum absolute atomic E-state index is 11.9. The Balaban J connectivity index is 1.93. The van der Waals surface area contributed by atoms with Crippen LogP contribution >= 0.6 is 0 Å². The van der Waals surface area contributed by atoms with Crippen LogP contribution in [0, 0.1) is 6.92 Å². The molecule has 1 aromatic heterocycles. The SMILES string of the molecule is COC(=O)c1ccc(C)c(-c2ccc(/C=C3/NC(=O)N(C)C3=O)o2)c1. The van der Waals surface area contributed by atoms with Crippen LogP contribution in [0.3, 0.4) is 0 Å². The summed E-state index contributed by atoms with van der Waals surface area (Å²) in [6.45, 7) is 1.90. The second-order valence-corrected chi connectivity index (χ2v) is 5.58. The minimum Gasteiger partial charge on any atom is -0.465 e. The number of imide groups is 1. The first kappa shape index (κ1) is 16.5. The first-order valence-corrected chi connectivity index (χ1v) is 7.50. The van der Waals surface area contributed by atoms with E-state index in [2.05, 4.69) is 5.32 Å². The number of urea groups is 1. The van der Waals surface area contributed by atoms with E-state index < -0.39 is 17.9 Å². The van der Waals surface area contributed by atoms with Gasteiger partial charge in [0.05, 0.1) is 12.7 Å². The molecule has 0 spiro atoms. The number of likely N-dealkylation sites (N-methyl/N-ethyl adjacent to an activating group) is 1. The summed E-state index contributed by atoms with van der Waals surface area (Å²) in [6, 6.07) is 8.11.